The smallest absolute Gasteiger partial charge is 0.325 e. The number of carbonyl (C=O) groups excluding carboxylic acids is 1. The number of likely N-dealkylation sites (N-methyl/N-ethyl adjacent to an activating group) is 1. The van der Waals surface area contributed by atoms with E-state index in [9.17, 15) is 4.79 Å². The van der Waals surface area contributed by atoms with Crippen molar-refractivity contribution in [3.05, 3.63) is 5.89 Å². The predicted octanol–water partition coefficient (Wildman–Crippen LogP) is 1.79. The number of unbranched alkanes of at least 4 members (excludes halogenated alkanes) is 1. The quantitative estimate of drug-likeness (QED) is 0.443. The van der Waals surface area contributed by atoms with Gasteiger partial charge in [0, 0.05) is 12.7 Å². The van der Waals surface area contributed by atoms with Gasteiger partial charge in [-0.2, -0.15) is 0 Å². The molecule has 0 aromatic carbocycles. The van der Waals surface area contributed by atoms with Gasteiger partial charge in [-0.05, 0) is 26.8 Å². The molecule has 1 unspecified atom stereocenters. The third-order valence-electron chi connectivity index (χ3n) is 2.99. The van der Waals surface area contributed by atoms with Crippen molar-refractivity contribution in [2.45, 2.75) is 43.9 Å². The number of hydrogen-bond acceptors (Lipinski definition) is 7. The summed E-state index contributed by atoms with van der Waals surface area (Å²) in [6, 6.07) is 0. The van der Waals surface area contributed by atoms with Crippen LogP contribution in [0.1, 0.15) is 32.1 Å². The van der Waals surface area contributed by atoms with E-state index in [1.165, 1.54) is 18.9 Å². The second-order valence-electron chi connectivity index (χ2n) is 4.47. The molecule has 0 aliphatic rings. The van der Waals surface area contributed by atoms with Crippen molar-refractivity contribution < 1.29 is 13.9 Å². The molecule has 0 radical (unpaired) electrons. The van der Waals surface area contributed by atoms with Crippen molar-refractivity contribution in [2.75, 3.05) is 19.9 Å². The number of methoxy groups -OCH3 is 1. The van der Waals surface area contributed by atoms with Gasteiger partial charge in [0.2, 0.25) is 5.89 Å². The molecule has 1 N–H and O–H groups in total. The summed E-state index contributed by atoms with van der Waals surface area (Å²) >= 11 is 1.54. The molecular formula is C12H21N3O3S. The molecule has 0 saturated heterocycles. The minimum absolute atomic E-state index is 0.227. The first-order chi connectivity index (χ1) is 9.01. The van der Waals surface area contributed by atoms with Crippen molar-refractivity contribution in [1.82, 2.24) is 15.5 Å². The lowest BCUT2D eigenvalue weighted by Crippen LogP contribution is -2.48. The summed E-state index contributed by atoms with van der Waals surface area (Å²) in [5.74, 6) is 1.24. The number of carbonyl (C=O) groups is 1. The summed E-state index contributed by atoms with van der Waals surface area (Å²) in [5.41, 5.74) is -0.611. The lowest BCUT2D eigenvalue weighted by molar-refractivity contribution is -0.148. The van der Waals surface area contributed by atoms with Crippen LogP contribution in [0.2, 0.25) is 0 Å². The van der Waals surface area contributed by atoms with Gasteiger partial charge in [-0.3, -0.25) is 4.79 Å². The SMILES string of the molecule is CNC(C)(CCCCSc1nnc(C)o1)C(=O)OC. The fourth-order valence-corrected chi connectivity index (χ4v) is 2.43. The Balaban J connectivity index is 2.24. The monoisotopic (exact) mass is 287 g/mol. The van der Waals surface area contributed by atoms with Crippen LogP contribution in [0.4, 0.5) is 0 Å². The number of thioether (sulfide) groups is 1. The zero-order valence-electron chi connectivity index (χ0n) is 11.9. The normalized spacial score (nSPS) is 14.1. The maximum absolute atomic E-state index is 11.6. The Hall–Kier alpha value is -1.08. The lowest BCUT2D eigenvalue weighted by Gasteiger charge is -2.25. The zero-order valence-corrected chi connectivity index (χ0v) is 12.7. The Labute approximate surface area is 117 Å². The van der Waals surface area contributed by atoms with Crippen LogP contribution in [0.3, 0.4) is 0 Å². The number of hydrogen-bond donors (Lipinski definition) is 1. The molecule has 1 atom stereocenters. The zero-order chi connectivity index (χ0) is 14.3. The van der Waals surface area contributed by atoms with Gasteiger partial charge in [0.1, 0.15) is 5.54 Å². The van der Waals surface area contributed by atoms with Crippen molar-refractivity contribution in [3.63, 3.8) is 0 Å². The molecule has 0 saturated carbocycles. The van der Waals surface area contributed by atoms with E-state index in [2.05, 4.69) is 15.5 Å². The number of esters is 1. The summed E-state index contributed by atoms with van der Waals surface area (Å²) in [5, 5.41) is 11.3. The second-order valence-corrected chi connectivity index (χ2v) is 5.51. The van der Waals surface area contributed by atoms with Gasteiger partial charge in [0.25, 0.3) is 5.22 Å². The van der Waals surface area contributed by atoms with Crippen LogP contribution in [0.15, 0.2) is 9.64 Å². The van der Waals surface area contributed by atoms with Gasteiger partial charge >= 0.3 is 5.97 Å². The Kier molecular flexibility index (Phi) is 6.30. The fraction of sp³-hybridized carbons (Fsp3) is 0.750. The molecule has 1 aromatic rings. The Morgan fingerprint density at radius 3 is 2.74 bits per heavy atom. The molecule has 108 valence electrons. The summed E-state index contributed by atoms with van der Waals surface area (Å²) in [4.78, 5) is 11.6. The van der Waals surface area contributed by atoms with Crippen molar-refractivity contribution >= 4 is 17.7 Å². The summed E-state index contributed by atoms with van der Waals surface area (Å²) < 4.78 is 10.1. The molecule has 6 nitrogen and oxygen atoms in total. The van der Waals surface area contributed by atoms with Gasteiger partial charge in [0.15, 0.2) is 0 Å². The summed E-state index contributed by atoms with van der Waals surface area (Å²) in [6.07, 6.45) is 2.63. The molecule has 0 fully saturated rings. The van der Waals surface area contributed by atoms with Gasteiger partial charge in [-0.25, -0.2) is 0 Å². The maximum atomic E-state index is 11.6. The highest BCUT2D eigenvalue weighted by atomic mass is 32.2. The van der Waals surface area contributed by atoms with Crippen LogP contribution in [0, 0.1) is 6.92 Å². The van der Waals surface area contributed by atoms with E-state index in [1.54, 1.807) is 14.0 Å². The van der Waals surface area contributed by atoms with Gasteiger partial charge in [0.05, 0.1) is 7.11 Å². The highest BCUT2D eigenvalue weighted by molar-refractivity contribution is 7.99. The van der Waals surface area contributed by atoms with Gasteiger partial charge < -0.3 is 14.5 Å². The Morgan fingerprint density at radius 2 is 2.21 bits per heavy atom. The van der Waals surface area contributed by atoms with E-state index in [1.807, 2.05) is 6.92 Å². The molecule has 7 heteroatoms. The van der Waals surface area contributed by atoms with Gasteiger partial charge in [-0.15, -0.1) is 10.2 Å². The number of rotatable bonds is 8. The van der Waals surface area contributed by atoms with E-state index in [4.69, 9.17) is 9.15 Å². The highest BCUT2D eigenvalue weighted by Crippen LogP contribution is 2.20. The van der Waals surface area contributed by atoms with Crippen LogP contribution in [0.5, 0.6) is 0 Å². The number of ether oxygens (including phenoxy) is 1. The molecule has 0 amide bonds. The number of aromatic nitrogens is 2. The van der Waals surface area contributed by atoms with Crippen LogP contribution in [-0.2, 0) is 9.53 Å². The fourth-order valence-electron chi connectivity index (χ4n) is 1.63. The maximum Gasteiger partial charge on any atom is 0.325 e. The van der Waals surface area contributed by atoms with Gasteiger partial charge in [-0.1, -0.05) is 18.2 Å². The third kappa shape index (κ3) is 4.83. The summed E-state index contributed by atoms with van der Waals surface area (Å²) in [7, 11) is 3.18. The first-order valence-electron chi connectivity index (χ1n) is 6.22. The van der Waals surface area contributed by atoms with E-state index in [0.717, 1.165) is 25.0 Å². The van der Waals surface area contributed by atoms with Crippen molar-refractivity contribution in [3.8, 4) is 0 Å². The third-order valence-corrected chi connectivity index (χ3v) is 3.90. The molecule has 1 heterocycles. The molecule has 1 rings (SSSR count). The topological polar surface area (TPSA) is 77.3 Å². The molecule has 0 bridgehead atoms. The first kappa shape index (κ1) is 16.0. The van der Waals surface area contributed by atoms with Crippen LogP contribution >= 0.6 is 11.8 Å². The Bertz CT molecular complexity index is 411. The van der Waals surface area contributed by atoms with Crippen molar-refractivity contribution in [1.29, 1.82) is 0 Å². The molecule has 19 heavy (non-hydrogen) atoms. The minimum atomic E-state index is -0.611. The number of aryl methyl sites for hydroxylation is 1. The standard InChI is InChI=1S/C12H21N3O3S/c1-9-14-15-11(18-9)19-8-6-5-7-12(2,13-3)10(16)17-4/h13H,5-8H2,1-4H3. The second kappa shape index (κ2) is 7.49. The first-order valence-corrected chi connectivity index (χ1v) is 7.20. The number of nitrogens with one attached hydrogen (secondary N) is 1. The predicted molar refractivity (Wildman–Crippen MR) is 73.1 cm³/mol. The molecule has 0 spiro atoms. The number of nitrogens with zero attached hydrogens (tertiary/aromatic N) is 2. The average molecular weight is 287 g/mol. The molecular weight excluding hydrogens is 266 g/mol. The van der Waals surface area contributed by atoms with E-state index in [-0.39, 0.29) is 5.97 Å². The van der Waals surface area contributed by atoms with E-state index >= 15 is 0 Å². The molecule has 1 aromatic heterocycles. The van der Waals surface area contributed by atoms with Crippen LogP contribution < -0.4 is 5.32 Å². The average Bonchev–Trinajstić information content (AvgIpc) is 2.82. The lowest BCUT2D eigenvalue weighted by atomic mass is 9.95. The highest BCUT2D eigenvalue weighted by Gasteiger charge is 2.31. The van der Waals surface area contributed by atoms with E-state index < -0.39 is 5.54 Å². The largest absolute Gasteiger partial charge is 0.468 e. The molecule has 0 aliphatic carbocycles. The van der Waals surface area contributed by atoms with E-state index in [0.29, 0.717) is 11.1 Å². The van der Waals surface area contributed by atoms with Crippen molar-refractivity contribution in [2.24, 2.45) is 0 Å². The van der Waals surface area contributed by atoms with Crippen LogP contribution in [-0.4, -0.2) is 41.6 Å². The Morgan fingerprint density at radius 1 is 1.47 bits per heavy atom. The molecule has 0 aliphatic heterocycles. The minimum Gasteiger partial charge on any atom is -0.468 e. The van der Waals surface area contributed by atoms with Crippen LogP contribution in [0.25, 0.3) is 0 Å². The summed E-state index contributed by atoms with van der Waals surface area (Å²) in [6.45, 7) is 3.62.